The number of hydrogen-bond acceptors (Lipinski definition) is 3. The van der Waals surface area contributed by atoms with Crippen molar-refractivity contribution in [1.82, 2.24) is 4.72 Å². The van der Waals surface area contributed by atoms with E-state index in [0.717, 1.165) is 6.07 Å². The second-order valence-corrected chi connectivity index (χ2v) is 6.06. The van der Waals surface area contributed by atoms with Gasteiger partial charge in [0, 0.05) is 11.6 Å². The van der Waals surface area contributed by atoms with Gasteiger partial charge in [0.25, 0.3) is 0 Å². The SMILES string of the molecule is O=S(=O)(NCC(O)C(F)(F)F)c1cc(Cl)ccc1Cl. The highest BCUT2D eigenvalue weighted by molar-refractivity contribution is 7.89. The second-order valence-electron chi connectivity index (χ2n) is 3.48. The lowest BCUT2D eigenvalue weighted by atomic mass is 10.4. The Morgan fingerprint density at radius 2 is 1.89 bits per heavy atom. The summed E-state index contributed by atoms with van der Waals surface area (Å²) in [6.07, 6.45) is -7.72. The van der Waals surface area contributed by atoms with Gasteiger partial charge in [-0.3, -0.25) is 0 Å². The van der Waals surface area contributed by atoms with E-state index in [1.165, 1.54) is 12.1 Å². The standard InChI is InChI=1S/C9H8Cl2F3NO3S/c10-5-1-2-6(11)7(3-5)19(17,18)15-4-8(16)9(12,13)14/h1-3,8,15-16H,4H2. The van der Waals surface area contributed by atoms with Crippen molar-refractivity contribution in [2.45, 2.75) is 17.2 Å². The highest BCUT2D eigenvalue weighted by atomic mass is 35.5. The summed E-state index contributed by atoms with van der Waals surface area (Å²) < 4.78 is 61.1. The maximum atomic E-state index is 12.0. The van der Waals surface area contributed by atoms with Crippen molar-refractivity contribution in [2.75, 3.05) is 6.54 Å². The van der Waals surface area contributed by atoms with Crippen LogP contribution < -0.4 is 4.72 Å². The molecular formula is C9H8Cl2F3NO3S. The zero-order valence-electron chi connectivity index (χ0n) is 9.08. The second kappa shape index (κ2) is 5.84. The lowest BCUT2D eigenvalue weighted by Gasteiger charge is -2.15. The largest absolute Gasteiger partial charge is 0.415 e. The van der Waals surface area contributed by atoms with E-state index < -0.39 is 33.7 Å². The van der Waals surface area contributed by atoms with Crippen LogP contribution in [0.25, 0.3) is 0 Å². The van der Waals surface area contributed by atoms with E-state index >= 15 is 0 Å². The van der Waals surface area contributed by atoms with Gasteiger partial charge < -0.3 is 5.11 Å². The molecule has 1 aromatic rings. The van der Waals surface area contributed by atoms with Crippen LogP contribution in [-0.4, -0.2) is 32.3 Å². The molecule has 1 aromatic carbocycles. The Bertz CT molecular complexity index is 562. The molecule has 1 atom stereocenters. The fourth-order valence-electron chi connectivity index (χ4n) is 1.07. The number of hydrogen-bond donors (Lipinski definition) is 2. The predicted octanol–water partition coefficient (Wildman–Crippen LogP) is 2.19. The van der Waals surface area contributed by atoms with Gasteiger partial charge in [-0.15, -0.1) is 0 Å². The van der Waals surface area contributed by atoms with Gasteiger partial charge in [0.15, 0.2) is 6.10 Å². The average molecular weight is 338 g/mol. The molecule has 4 nitrogen and oxygen atoms in total. The first-order valence-corrected chi connectivity index (χ1v) is 6.97. The predicted molar refractivity (Wildman–Crippen MR) is 63.7 cm³/mol. The van der Waals surface area contributed by atoms with Gasteiger partial charge >= 0.3 is 6.18 Å². The van der Waals surface area contributed by atoms with Crippen molar-refractivity contribution in [3.63, 3.8) is 0 Å². The van der Waals surface area contributed by atoms with Crippen LogP contribution in [-0.2, 0) is 10.0 Å². The molecule has 19 heavy (non-hydrogen) atoms. The Morgan fingerprint density at radius 3 is 2.42 bits per heavy atom. The van der Waals surface area contributed by atoms with Crippen molar-refractivity contribution in [1.29, 1.82) is 0 Å². The number of halogens is 5. The Hall–Kier alpha value is -0.540. The van der Waals surface area contributed by atoms with Gasteiger partial charge in [0.2, 0.25) is 10.0 Å². The van der Waals surface area contributed by atoms with E-state index in [-0.39, 0.29) is 10.0 Å². The molecule has 0 bridgehead atoms. The third-order valence-electron chi connectivity index (χ3n) is 2.03. The summed E-state index contributed by atoms with van der Waals surface area (Å²) >= 11 is 11.2. The van der Waals surface area contributed by atoms with E-state index in [4.69, 9.17) is 28.3 Å². The van der Waals surface area contributed by atoms with Crippen LogP contribution in [0.5, 0.6) is 0 Å². The average Bonchev–Trinajstić information content (AvgIpc) is 2.28. The van der Waals surface area contributed by atoms with E-state index in [0.29, 0.717) is 0 Å². The first-order valence-electron chi connectivity index (χ1n) is 4.73. The highest BCUT2D eigenvalue weighted by Crippen LogP contribution is 2.25. The monoisotopic (exact) mass is 337 g/mol. The van der Waals surface area contributed by atoms with E-state index in [1.54, 1.807) is 4.72 Å². The molecule has 2 N–H and O–H groups in total. The molecule has 0 amide bonds. The lowest BCUT2D eigenvalue weighted by molar-refractivity contribution is -0.200. The topological polar surface area (TPSA) is 66.4 Å². The number of aliphatic hydroxyl groups excluding tert-OH is 1. The van der Waals surface area contributed by atoms with Gasteiger partial charge in [-0.25, -0.2) is 13.1 Å². The van der Waals surface area contributed by atoms with E-state index in [2.05, 4.69) is 0 Å². The molecule has 0 heterocycles. The molecule has 1 rings (SSSR count). The number of nitrogens with one attached hydrogen (secondary N) is 1. The quantitative estimate of drug-likeness (QED) is 0.885. The molecule has 0 saturated carbocycles. The fourth-order valence-corrected chi connectivity index (χ4v) is 2.86. The maximum absolute atomic E-state index is 12.0. The Morgan fingerprint density at radius 1 is 1.32 bits per heavy atom. The zero-order chi connectivity index (χ0) is 14.8. The summed E-state index contributed by atoms with van der Waals surface area (Å²) in [5, 5.41) is 8.57. The van der Waals surface area contributed by atoms with Crippen LogP contribution in [0, 0.1) is 0 Å². The third-order valence-corrected chi connectivity index (χ3v) is 4.17. The van der Waals surface area contributed by atoms with Crippen molar-refractivity contribution in [3.8, 4) is 0 Å². The van der Waals surface area contributed by atoms with Crippen molar-refractivity contribution in [2.24, 2.45) is 0 Å². The van der Waals surface area contributed by atoms with Gasteiger partial charge in [-0.1, -0.05) is 23.2 Å². The number of sulfonamides is 1. The molecule has 108 valence electrons. The number of rotatable bonds is 4. The highest BCUT2D eigenvalue weighted by Gasteiger charge is 2.38. The van der Waals surface area contributed by atoms with Crippen LogP contribution in [0.1, 0.15) is 0 Å². The van der Waals surface area contributed by atoms with E-state index in [9.17, 15) is 21.6 Å². The Labute approximate surface area is 117 Å². The number of aliphatic hydroxyl groups is 1. The normalized spacial score (nSPS) is 14.4. The molecule has 0 aromatic heterocycles. The molecule has 0 aliphatic carbocycles. The minimum Gasteiger partial charge on any atom is -0.382 e. The summed E-state index contributed by atoms with van der Waals surface area (Å²) in [7, 11) is -4.30. The Kier molecular flexibility index (Phi) is 5.08. The van der Waals surface area contributed by atoms with Crippen molar-refractivity contribution < 1.29 is 26.7 Å². The molecular weight excluding hydrogens is 330 g/mol. The van der Waals surface area contributed by atoms with Crippen molar-refractivity contribution in [3.05, 3.63) is 28.2 Å². The maximum Gasteiger partial charge on any atom is 0.415 e. The first-order chi connectivity index (χ1) is 8.54. The summed E-state index contributed by atoms with van der Waals surface area (Å²) in [5.74, 6) is 0. The van der Waals surface area contributed by atoms with Crippen LogP contribution >= 0.6 is 23.2 Å². The first kappa shape index (κ1) is 16.5. The van der Waals surface area contributed by atoms with Crippen molar-refractivity contribution >= 4 is 33.2 Å². The van der Waals surface area contributed by atoms with Crippen LogP contribution in [0.3, 0.4) is 0 Å². The molecule has 0 fully saturated rings. The lowest BCUT2D eigenvalue weighted by Crippen LogP contribution is -2.40. The molecule has 0 saturated heterocycles. The van der Waals surface area contributed by atoms with Crippen LogP contribution in [0.15, 0.2) is 23.1 Å². The summed E-state index contributed by atoms with van der Waals surface area (Å²) in [5.41, 5.74) is 0. The minimum atomic E-state index is -4.92. The molecule has 1 unspecified atom stereocenters. The van der Waals surface area contributed by atoms with Gasteiger partial charge in [-0.05, 0) is 18.2 Å². The fraction of sp³-hybridized carbons (Fsp3) is 0.333. The molecule has 0 radical (unpaired) electrons. The summed E-state index contributed by atoms with van der Waals surface area (Å²) in [6.45, 7) is -1.21. The Balaban J connectivity index is 2.91. The number of alkyl halides is 3. The third kappa shape index (κ3) is 4.50. The molecule has 0 spiro atoms. The van der Waals surface area contributed by atoms with Crippen LogP contribution in [0.4, 0.5) is 13.2 Å². The smallest absolute Gasteiger partial charge is 0.382 e. The van der Waals surface area contributed by atoms with Gasteiger partial charge in [0.05, 0.1) is 5.02 Å². The molecule has 0 aliphatic rings. The van der Waals surface area contributed by atoms with Gasteiger partial charge in [-0.2, -0.15) is 13.2 Å². The summed E-state index contributed by atoms with van der Waals surface area (Å²) in [6, 6.07) is 3.51. The van der Waals surface area contributed by atoms with E-state index in [1.807, 2.05) is 0 Å². The number of benzene rings is 1. The minimum absolute atomic E-state index is 0.0566. The van der Waals surface area contributed by atoms with Gasteiger partial charge in [0.1, 0.15) is 4.90 Å². The molecule has 0 aliphatic heterocycles. The zero-order valence-corrected chi connectivity index (χ0v) is 11.4. The summed E-state index contributed by atoms with van der Waals surface area (Å²) in [4.78, 5) is -0.462. The van der Waals surface area contributed by atoms with Crippen LogP contribution in [0.2, 0.25) is 10.0 Å². The molecule has 10 heteroatoms.